The van der Waals surface area contributed by atoms with Gasteiger partial charge in [0.25, 0.3) is 0 Å². The van der Waals surface area contributed by atoms with Gasteiger partial charge in [-0.05, 0) is 42.6 Å². The SMILES string of the molecule is COc1ccc2c3c1O[C@H]1[C@@H](O)C=C[C@H]4[C@@H](C2)N(C)CC[C@@]341.O=[PH+]O. The largest absolute Gasteiger partial charge is 0.493 e. The normalized spacial score (nSPS) is 37.0. The number of methoxy groups -OCH3 is 1. The highest BCUT2D eigenvalue weighted by molar-refractivity contribution is 7.16. The van der Waals surface area contributed by atoms with Gasteiger partial charge in [-0.25, -0.2) is 0 Å². The van der Waals surface area contributed by atoms with Crippen molar-refractivity contribution in [1.82, 2.24) is 4.90 Å². The fourth-order valence-corrected chi connectivity index (χ4v) is 5.39. The number of aliphatic hydroxyl groups excluding tert-OH is 1. The first kappa shape index (κ1) is 17.0. The van der Waals surface area contributed by atoms with E-state index >= 15 is 0 Å². The van der Waals surface area contributed by atoms with E-state index in [4.69, 9.17) is 18.9 Å². The van der Waals surface area contributed by atoms with E-state index in [0.717, 1.165) is 30.9 Å². The molecule has 1 spiro atoms. The van der Waals surface area contributed by atoms with E-state index in [0.29, 0.717) is 12.0 Å². The molecule has 2 N–H and O–H groups in total. The minimum Gasteiger partial charge on any atom is -0.493 e. The second-order valence-electron chi connectivity index (χ2n) is 7.20. The number of piperidine rings is 1. The Morgan fingerprint density at radius 3 is 2.88 bits per heavy atom. The number of nitrogens with zero attached hydrogens (tertiary/aromatic N) is 1. The van der Waals surface area contributed by atoms with Crippen molar-refractivity contribution < 1.29 is 24.0 Å². The zero-order valence-electron chi connectivity index (χ0n) is 14.3. The molecule has 1 unspecified atom stereocenters. The van der Waals surface area contributed by atoms with Gasteiger partial charge in [0.15, 0.2) is 11.5 Å². The number of aliphatic hydroxyl groups is 1. The van der Waals surface area contributed by atoms with Gasteiger partial charge in [-0.3, -0.25) is 0 Å². The topological polar surface area (TPSA) is 79.2 Å². The van der Waals surface area contributed by atoms with Gasteiger partial charge in [0.05, 0.1) is 7.11 Å². The summed E-state index contributed by atoms with van der Waals surface area (Å²) in [6, 6.07) is 4.70. The van der Waals surface area contributed by atoms with Gasteiger partial charge in [-0.2, -0.15) is 4.89 Å². The number of ether oxygens (including phenoxy) is 2. The molecule has 1 fully saturated rings. The molecule has 2 heterocycles. The number of hydrogen-bond acceptors (Lipinski definition) is 5. The Balaban J connectivity index is 0.000000490. The van der Waals surface area contributed by atoms with Crippen molar-refractivity contribution in [2.24, 2.45) is 5.92 Å². The quantitative estimate of drug-likeness (QED) is 0.580. The Bertz CT molecular complexity index is 738. The zero-order valence-corrected chi connectivity index (χ0v) is 15.3. The van der Waals surface area contributed by atoms with E-state index in [-0.39, 0.29) is 11.5 Å². The minimum atomic E-state index is -1.17. The van der Waals surface area contributed by atoms with Crippen LogP contribution in [-0.2, 0) is 16.4 Å². The summed E-state index contributed by atoms with van der Waals surface area (Å²) >= 11 is 0. The van der Waals surface area contributed by atoms with E-state index < -0.39 is 14.8 Å². The highest BCUT2D eigenvalue weighted by atomic mass is 31.1. The molecule has 7 heteroatoms. The van der Waals surface area contributed by atoms with Crippen molar-refractivity contribution >= 4 is 8.69 Å². The lowest BCUT2D eigenvalue weighted by molar-refractivity contribution is -0.0453. The van der Waals surface area contributed by atoms with Crippen LogP contribution in [0.4, 0.5) is 0 Å². The predicted octanol–water partition coefficient (Wildman–Crippen LogP) is 1.42. The monoisotopic (exact) mass is 364 g/mol. The number of likely N-dealkylation sites (N-methyl/N-ethyl adjacent to an activating group) is 1. The molecule has 2 bridgehead atoms. The summed E-state index contributed by atoms with van der Waals surface area (Å²) in [4.78, 5) is 9.51. The van der Waals surface area contributed by atoms with Crippen molar-refractivity contribution in [2.45, 2.75) is 36.5 Å². The van der Waals surface area contributed by atoms with Crippen LogP contribution in [0.5, 0.6) is 11.5 Å². The summed E-state index contributed by atoms with van der Waals surface area (Å²) in [7, 11) is 2.74. The van der Waals surface area contributed by atoms with Gasteiger partial charge in [0.2, 0.25) is 0 Å². The fraction of sp³-hybridized carbons (Fsp3) is 0.556. The maximum Gasteiger partial charge on any atom is 0.491 e. The molecule has 0 amide bonds. The van der Waals surface area contributed by atoms with Crippen LogP contribution in [0.1, 0.15) is 17.5 Å². The Hall–Kier alpha value is -1.46. The molecule has 2 aliphatic heterocycles. The summed E-state index contributed by atoms with van der Waals surface area (Å²) in [6.07, 6.45) is 5.54. The lowest BCUT2D eigenvalue weighted by Crippen LogP contribution is -2.64. The van der Waals surface area contributed by atoms with Crippen LogP contribution in [0.15, 0.2) is 24.3 Å². The number of rotatable bonds is 1. The van der Waals surface area contributed by atoms with Gasteiger partial charge in [0.1, 0.15) is 12.2 Å². The molecular weight excluding hydrogens is 341 g/mol. The van der Waals surface area contributed by atoms with Gasteiger partial charge >= 0.3 is 8.69 Å². The van der Waals surface area contributed by atoms with E-state index in [1.807, 2.05) is 12.1 Å². The molecule has 6 nitrogen and oxygen atoms in total. The minimum absolute atomic E-state index is 0.0806. The van der Waals surface area contributed by atoms with Crippen molar-refractivity contribution in [1.29, 1.82) is 0 Å². The highest BCUT2D eigenvalue weighted by Crippen LogP contribution is 2.62. The van der Waals surface area contributed by atoms with Crippen LogP contribution in [0.25, 0.3) is 0 Å². The maximum atomic E-state index is 10.6. The van der Waals surface area contributed by atoms with Crippen molar-refractivity contribution in [3.05, 3.63) is 35.4 Å². The second kappa shape index (κ2) is 6.06. The molecule has 25 heavy (non-hydrogen) atoms. The third-order valence-corrected chi connectivity index (χ3v) is 6.35. The Morgan fingerprint density at radius 1 is 1.40 bits per heavy atom. The third-order valence-electron chi connectivity index (χ3n) is 6.35. The maximum absolute atomic E-state index is 10.6. The van der Waals surface area contributed by atoms with E-state index in [1.54, 1.807) is 7.11 Å². The van der Waals surface area contributed by atoms with Crippen molar-refractivity contribution in [3.8, 4) is 11.5 Å². The van der Waals surface area contributed by atoms with Crippen LogP contribution in [0.3, 0.4) is 0 Å². The Morgan fingerprint density at radius 2 is 2.16 bits per heavy atom. The van der Waals surface area contributed by atoms with Crippen LogP contribution in [0.2, 0.25) is 0 Å². The average Bonchev–Trinajstić information content (AvgIpc) is 2.96. The smallest absolute Gasteiger partial charge is 0.491 e. The van der Waals surface area contributed by atoms with Crippen LogP contribution in [-0.4, -0.2) is 53.9 Å². The molecule has 1 aromatic carbocycles. The molecule has 134 valence electrons. The average molecular weight is 364 g/mol. The van der Waals surface area contributed by atoms with Gasteiger partial charge in [-0.15, -0.1) is 0 Å². The molecule has 1 saturated heterocycles. The summed E-state index contributed by atoms with van der Waals surface area (Å²) in [6.45, 7) is 1.05. The standard InChI is InChI=1S/C18H21NO3.HO2P/c1-19-8-7-18-11-4-5-13(20)17(18)22-16-14(21-2)6-3-10(15(16)18)9-12(11)19;1-3-2/h3-6,11-13,17,20H,7-9H2,1-2H3;3H/p+1/t11-,12+,13-,17-,18-;/m0./s1. The van der Waals surface area contributed by atoms with Crippen LogP contribution >= 0.6 is 8.69 Å². The first-order valence-corrected chi connectivity index (χ1v) is 9.39. The molecule has 6 atom stereocenters. The van der Waals surface area contributed by atoms with E-state index in [9.17, 15) is 5.11 Å². The van der Waals surface area contributed by atoms with Crippen LogP contribution in [0, 0.1) is 5.92 Å². The molecule has 2 aliphatic carbocycles. The molecule has 0 saturated carbocycles. The lowest BCUT2D eigenvalue weighted by atomic mass is 9.53. The molecule has 0 radical (unpaired) electrons. The van der Waals surface area contributed by atoms with Crippen molar-refractivity contribution in [3.63, 3.8) is 0 Å². The van der Waals surface area contributed by atoms with Gasteiger partial charge in [0, 0.05) is 22.9 Å². The number of benzene rings is 1. The van der Waals surface area contributed by atoms with E-state index in [2.05, 4.69) is 24.1 Å². The van der Waals surface area contributed by atoms with E-state index in [1.165, 1.54) is 11.1 Å². The van der Waals surface area contributed by atoms with Gasteiger partial charge in [-0.1, -0.05) is 18.2 Å². The summed E-state index contributed by atoms with van der Waals surface area (Å²) in [5, 5.41) is 10.6. The molecule has 5 rings (SSSR count). The first-order valence-electron chi connectivity index (χ1n) is 8.53. The lowest BCUT2D eigenvalue weighted by Gasteiger charge is -2.56. The van der Waals surface area contributed by atoms with Crippen LogP contribution < -0.4 is 9.47 Å². The third kappa shape index (κ3) is 2.15. The number of hydrogen-bond donors (Lipinski definition) is 2. The first-order chi connectivity index (χ1) is 12.1. The molecule has 1 aromatic rings. The number of likely N-dealkylation sites (tertiary alicyclic amines) is 1. The summed E-state index contributed by atoms with van der Waals surface area (Å²) in [5.74, 6) is 2.09. The highest BCUT2D eigenvalue weighted by Gasteiger charge is 2.64. The van der Waals surface area contributed by atoms with Gasteiger partial charge < -0.3 is 19.5 Å². The fourth-order valence-electron chi connectivity index (χ4n) is 5.39. The molecule has 4 aliphatic rings. The van der Waals surface area contributed by atoms with Crippen molar-refractivity contribution in [2.75, 3.05) is 20.7 Å². The predicted molar refractivity (Wildman–Crippen MR) is 93.7 cm³/mol. The zero-order chi connectivity index (χ0) is 17.8. The summed E-state index contributed by atoms with van der Waals surface area (Å²) < 4.78 is 20.3. The Kier molecular flexibility index (Phi) is 4.12. The summed E-state index contributed by atoms with van der Waals surface area (Å²) in [5.41, 5.74) is 2.60. The molecule has 0 aromatic heterocycles. The molecular formula is C18H23NO5P+. The second-order valence-corrected chi connectivity index (χ2v) is 7.39. The Labute approximate surface area is 148 Å².